The average Bonchev–Trinajstić information content (AvgIpc) is 3.65. The van der Waals surface area contributed by atoms with Gasteiger partial charge in [0.25, 0.3) is 0 Å². The first-order chi connectivity index (χ1) is 26.8. The second-order valence-corrected chi connectivity index (χ2v) is 13.7. The molecule has 10 rings (SSSR count). The lowest BCUT2D eigenvalue weighted by Crippen LogP contribution is -2.10. The normalized spacial score (nSPS) is 11.3. The molecule has 2 heteroatoms. The third-order valence-electron chi connectivity index (χ3n) is 10.4. The van der Waals surface area contributed by atoms with E-state index in [2.05, 4.69) is 211 Å². The van der Waals surface area contributed by atoms with Crippen molar-refractivity contribution in [2.75, 3.05) is 4.90 Å². The topological polar surface area (TPSA) is 16.4 Å². The number of hydrogen-bond acceptors (Lipinski definition) is 2. The first kappa shape index (κ1) is 31.6. The highest BCUT2D eigenvalue weighted by Gasteiger charge is 2.23. The van der Waals surface area contributed by atoms with Crippen LogP contribution < -0.4 is 4.90 Å². The van der Waals surface area contributed by atoms with E-state index >= 15 is 0 Å². The minimum atomic E-state index is 0.869. The van der Waals surface area contributed by atoms with E-state index in [1.54, 1.807) is 0 Å². The lowest BCUT2D eigenvalue weighted by molar-refractivity contribution is 0.670. The molecule has 1 aromatic heterocycles. The van der Waals surface area contributed by atoms with Crippen molar-refractivity contribution in [3.63, 3.8) is 0 Å². The van der Waals surface area contributed by atoms with E-state index in [4.69, 9.17) is 4.42 Å². The van der Waals surface area contributed by atoms with Gasteiger partial charge in [-0.25, -0.2) is 0 Å². The highest BCUT2D eigenvalue weighted by Crippen LogP contribution is 2.47. The van der Waals surface area contributed by atoms with Crippen LogP contribution in [0.4, 0.5) is 17.1 Å². The van der Waals surface area contributed by atoms with Gasteiger partial charge in [0, 0.05) is 22.3 Å². The number of anilines is 3. The van der Waals surface area contributed by atoms with Crippen molar-refractivity contribution in [2.24, 2.45) is 0 Å². The highest BCUT2D eigenvalue weighted by atomic mass is 16.3. The lowest BCUT2D eigenvalue weighted by Gasteiger charge is -2.27. The molecule has 0 spiro atoms. The van der Waals surface area contributed by atoms with Gasteiger partial charge in [-0.3, -0.25) is 0 Å². The summed E-state index contributed by atoms with van der Waals surface area (Å²) in [5.74, 6) is 0. The molecule has 254 valence electrons. The van der Waals surface area contributed by atoms with Crippen LogP contribution in [0.1, 0.15) is 0 Å². The highest BCUT2D eigenvalue weighted by molar-refractivity contribution is 6.17. The van der Waals surface area contributed by atoms with Crippen molar-refractivity contribution in [3.05, 3.63) is 212 Å². The van der Waals surface area contributed by atoms with Crippen LogP contribution in [0.5, 0.6) is 0 Å². The summed E-state index contributed by atoms with van der Waals surface area (Å²) >= 11 is 0. The van der Waals surface area contributed by atoms with Crippen LogP contribution >= 0.6 is 0 Å². The van der Waals surface area contributed by atoms with Gasteiger partial charge in [-0.05, 0) is 104 Å². The summed E-state index contributed by atoms with van der Waals surface area (Å²) in [5.41, 5.74) is 14.2. The standard InChI is InChI=1S/C52H35NO/c1-3-14-36(15-4-1)40-20-11-21-41(32-40)42-22-12-24-45(34-42)53(46-25-13-23-43(35-46)44-29-28-37-16-7-8-19-39(37)33-44)49-31-30-47(38-17-5-2-6-18-38)52-51(49)48-26-9-10-27-50(48)54-52/h1-35H. The summed E-state index contributed by atoms with van der Waals surface area (Å²) in [7, 11) is 0. The molecule has 0 aliphatic heterocycles. The van der Waals surface area contributed by atoms with E-state index < -0.39 is 0 Å². The maximum Gasteiger partial charge on any atom is 0.145 e. The number of para-hydroxylation sites is 1. The van der Waals surface area contributed by atoms with E-state index in [9.17, 15) is 0 Å². The van der Waals surface area contributed by atoms with Crippen molar-refractivity contribution in [2.45, 2.75) is 0 Å². The summed E-state index contributed by atoms with van der Waals surface area (Å²) in [6, 6.07) is 75.9. The molecule has 0 N–H and O–H groups in total. The Bertz CT molecular complexity index is 2940. The number of hydrogen-bond donors (Lipinski definition) is 0. The van der Waals surface area contributed by atoms with E-state index in [-0.39, 0.29) is 0 Å². The van der Waals surface area contributed by atoms with Crippen LogP contribution in [0.25, 0.3) is 77.2 Å². The van der Waals surface area contributed by atoms with E-state index in [1.807, 2.05) is 6.07 Å². The SMILES string of the molecule is c1ccc(-c2cccc(-c3cccc(N(c4cccc(-c5ccc6ccccc6c5)c4)c4ccc(-c5ccccc5)c5oc6ccccc6c45)c3)c2)cc1. The third-order valence-corrected chi connectivity index (χ3v) is 10.4. The average molecular weight is 690 g/mol. The van der Waals surface area contributed by atoms with Gasteiger partial charge >= 0.3 is 0 Å². The van der Waals surface area contributed by atoms with Crippen LogP contribution in [0.15, 0.2) is 217 Å². The molecule has 54 heavy (non-hydrogen) atoms. The van der Waals surface area contributed by atoms with Gasteiger partial charge in [0.05, 0.1) is 11.1 Å². The Kier molecular flexibility index (Phi) is 7.85. The summed E-state index contributed by atoms with van der Waals surface area (Å²) in [4.78, 5) is 2.40. The zero-order valence-corrected chi connectivity index (χ0v) is 29.6. The molecular formula is C52H35NO. The minimum Gasteiger partial charge on any atom is -0.455 e. The molecule has 0 aliphatic rings. The molecule has 1 heterocycles. The second kappa shape index (κ2) is 13.4. The lowest BCUT2D eigenvalue weighted by atomic mass is 9.97. The van der Waals surface area contributed by atoms with Crippen molar-refractivity contribution < 1.29 is 4.42 Å². The van der Waals surface area contributed by atoms with Crippen molar-refractivity contribution in [1.82, 2.24) is 0 Å². The predicted molar refractivity (Wildman–Crippen MR) is 228 cm³/mol. The predicted octanol–water partition coefficient (Wildman–Crippen LogP) is 14.9. The van der Waals surface area contributed by atoms with Gasteiger partial charge in [-0.2, -0.15) is 0 Å². The Morgan fingerprint density at radius 1 is 0.333 bits per heavy atom. The Morgan fingerprint density at radius 2 is 0.870 bits per heavy atom. The molecule has 0 aliphatic carbocycles. The van der Waals surface area contributed by atoms with Gasteiger partial charge in [-0.15, -0.1) is 0 Å². The number of benzene rings is 9. The molecular weight excluding hydrogens is 655 g/mol. The quantitative estimate of drug-likeness (QED) is 0.166. The molecule has 9 aromatic carbocycles. The van der Waals surface area contributed by atoms with Crippen LogP contribution in [-0.4, -0.2) is 0 Å². The zero-order valence-electron chi connectivity index (χ0n) is 29.6. The molecule has 0 bridgehead atoms. The largest absolute Gasteiger partial charge is 0.455 e. The van der Waals surface area contributed by atoms with Crippen molar-refractivity contribution in [3.8, 4) is 44.5 Å². The summed E-state index contributed by atoms with van der Waals surface area (Å²) < 4.78 is 6.76. The number of nitrogens with zero attached hydrogens (tertiary/aromatic N) is 1. The third kappa shape index (κ3) is 5.71. The Balaban J connectivity index is 1.19. The molecule has 0 radical (unpaired) electrons. The molecule has 2 nitrogen and oxygen atoms in total. The summed E-state index contributed by atoms with van der Waals surface area (Å²) in [6.07, 6.45) is 0. The van der Waals surface area contributed by atoms with Gasteiger partial charge in [0.1, 0.15) is 11.2 Å². The Morgan fingerprint density at radius 3 is 1.59 bits per heavy atom. The van der Waals surface area contributed by atoms with Crippen LogP contribution in [0, 0.1) is 0 Å². The fraction of sp³-hybridized carbons (Fsp3) is 0. The first-order valence-electron chi connectivity index (χ1n) is 18.4. The summed E-state index contributed by atoms with van der Waals surface area (Å²) in [5, 5.41) is 4.63. The maximum atomic E-state index is 6.76. The number of furan rings is 1. The molecule has 0 amide bonds. The number of rotatable bonds is 7. The maximum absolute atomic E-state index is 6.76. The molecule has 0 atom stereocenters. The Hall–Kier alpha value is -7.16. The van der Waals surface area contributed by atoms with Crippen LogP contribution in [0.3, 0.4) is 0 Å². The minimum absolute atomic E-state index is 0.869. The van der Waals surface area contributed by atoms with E-state index in [1.165, 1.54) is 33.0 Å². The smallest absolute Gasteiger partial charge is 0.145 e. The molecule has 0 unspecified atom stereocenters. The number of fused-ring (bicyclic) bond motifs is 4. The fourth-order valence-electron chi connectivity index (χ4n) is 7.80. The van der Waals surface area contributed by atoms with Gasteiger partial charge in [0.2, 0.25) is 0 Å². The van der Waals surface area contributed by atoms with Gasteiger partial charge in [0.15, 0.2) is 0 Å². The van der Waals surface area contributed by atoms with E-state index in [0.717, 1.165) is 61.3 Å². The monoisotopic (exact) mass is 689 g/mol. The van der Waals surface area contributed by atoms with Gasteiger partial charge in [-0.1, -0.05) is 158 Å². The second-order valence-electron chi connectivity index (χ2n) is 13.7. The molecule has 0 fully saturated rings. The zero-order chi connectivity index (χ0) is 35.8. The van der Waals surface area contributed by atoms with Gasteiger partial charge < -0.3 is 9.32 Å². The van der Waals surface area contributed by atoms with Crippen LogP contribution in [-0.2, 0) is 0 Å². The first-order valence-corrected chi connectivity index (χ1v) is 18.4. The van der Waals surface area contributed by atoms with Crippen molar-refractivity contribution in [1.29, 1.82) is 0 Å². The molecule has 0 saturated carbocycles. The fourth-order valence-corrected chi connectivity index (χ4v) is 7.80. The molecule has 0 saturated heterocycles. The molecule has 10 aromatic rings. The summed E-state index contributed by atoms with van der Waals surface area (Å²) in [6.45, 7) is 0. The van der Waals surface area contributed by atoms with Crippen molar-refractivity contribution >= 4 is 49.8 Å². The van der Waals surface area contributed by atoms with Crippen LogP contribution in [0.2, 0.25) is 0 Å². The van der Waals surface area contributed by atoms with E-state index in [0.29, 0.717) is 0 Å². The Labute approximate surface area is 314 Å².